The van der Waals surface area contributed by atoms with E-state index in [0.29, 0.717) is 24.9 Å². The average Bonchev–Trinajstić information content (AvgIpc) is 3.57. The normalized spacial score (nSPS) is 13.5. The van der Waals surface area contributed by atoms with Gasteiger partial charge in [0, 0.05) is 59.5 Å². The van der Waals surface area contributed by atoms with Crippen molar-refractivity contribution in [2.24, 2.45) is 0 Å². The highest BCUT2D eigenvalue weighted by Gasteiger charge is 2.17. The lowest BCUT2D eigenvalue weighted by Gasteiger charge is -2.27. The second kappa shape index (κ2) is 10.2. The molecule has 4 aromatic heterocycles. The lowest BCUT2D eigenvalue weighted by atomic mass is 10.0. The molecular weight excluding hydrogens is 486 g/mol. The summed E-state index contributed by atoms with van der Waals surface area (Å²) < 4.78 is 5.37. The number of benzene rings is 1. The Morgan fingerprint density at radius 2 is 2.03 bits per heavy atom. The highest BCUT2D eigenvalue weighted by atomic mass is 32.1. The summed E-state index contributed by atoms with van der Waals surface area (Å²) in [6.07, 6.45) is 3.47. The van der Waals surface area contributed by atoms with Gasteiger partial charge < -0.3 is 20.4 Å². The van der Waals surface area contributed by atoms with E-state index >= 15 is 0 Å². The van der Waals surface area contributed by atoms with E-state index in [1.165, 1.54) is 11.3 Å². The number of carbonyl (C=O) groups is 1. The van der Waals surface area contributed by atoms with Crippen molar-refractivity contribution < 1.29 is 9.53 Å². The van der Waals surface area contributed by atoms with Crippen LogP contribution in [0.15, 0.2) is 60.4 Å². The minimum absolute atomic E-state index is 0.311. The van der Waals surface area contributed by atoms with Crippen molar-refractivity contribution >= 4 is 28.2 Å². The van der Waals surface area contributed by atoms with E-state index in [-0.39, 0.29) is 0 Å². The lowest BCUT2D eigenvalue weighted by molar-refractivity contribution is 0.0498. The molecule has 5 aromatic rings. The third-order valence-corrected chi connectivity index (χ3v) is 7.14. The number of thiazole rings is 1. The van der Waals surface area contributed by atoms with Crippen LogP contribution in [0.25, 0.3) is 44.1 Å². The average molecular weight is 512 g/mol. The van der Waals surface area contributed by atoms with Crippen molar-refractivity contribution in [3.8, 4) is 33.2 Å². The Morgan fingerprint density at radius 1 is 1.14 bits per heavy atom. The molecule has 0 bridgehead atoms. The number of ether oxygens (including phenoxy) is 1. The molecule has 6 rings (SSSR count). The van der Waals surface area contributed by atoms with Crippen molar-refractivity contribution in [2.45, 2.75) is 13.0 Å². The summed E-state index contributed by atoms with van der Waals surface area (Å²) in [5.74, 6) is -0.414. The predicted molar refractivity (Wildman–Crippen MR) is 143 cm³/mol. The molecule has 186 valence electrons. The zero-order valence-corrected chi connectivity index (χ0v) is 21.0. The summed E-state index contributed by atoms with van der Waals surface area (Å²) in [6, 6.07) is 14.5. The predicted octanol–water partition coefficient (Wildman–Crippen LogP) is 3.84. The Labute approximate surface area is 217 Å². The first-order valence-electron chi connectivity index (χ1n) is 12.1. The zero-order valence-electron chi connectivity index (χ0n) is 20.2. The number of nitrogens with zero attached hydrogens (tertiary/aromatic N) is 4. The van der Waals surface area contributed by atoms with Crippen molar-refractivity contribution in [3.05, 3.63) is 71.8 Å². The van der Waals surface area contributed by atoms with Crippen LogP contribution in [0.5, 0.6) is 0 Å². The van der Waals surface area contributed by atoms with Gasteiger partial charge in [-0.3, -0.25) is 9.97 Å². The van der Waals surface area contributed by atoms with Gasteiger partial charge in [0.1, 0.15) is 11.6 Å². The molecule has 10 heteroatoms. The van der Waals surface area contributed by atoms with Crippen LogP contribution in [-0.2, 0) is 4.74 Å². The molecule has 1 aliphatic heterocycles. The first-order chi connectivity index (χ1) is 18.1. The number of aryl methyl sites for hydroxylation is 1. The molecule has 0 radical (unpaired) electrons. The minimum Gasteiger partial charge on any atom is -0.460 e. The number of rotatable bonds is 8. The molecule has 0 aliphatic carbocycles. The van der Waals surface area contributed by atoms with Crippen LogP contribution in [0.3, 0.4) is 0 Å². The SMILES string of the molecule is Cc1cccc(-c2[nH]cnc2-c2ccc3ncc(-c4nc(C(=O)OCCNC5CNC5)cs4)cc3c2)n1. The smallest absolute Gasteiger partial charge is 0.357 e. The first kappa shape index (κ1) is 23.4. The fourth-order valence-electron chi connectivity index (χ4n) is 4.20. The van der Waals surface area contributed by atoms with Gasteiger partial charge in [-0.2, -0.15) is 0 Å². The number of esters is 1. The summed E-state index contributed by atoms with van der Waals surface area (Å²) in [5, 5.41) is 9.93. The van der Waals surface area contributed by atoms with E-state index in [9.17, 15) is 4.79 Å². The molecule has 0 unspecified atom stereocenters. The van der Waals surface area contributed by atoms with E-state index in [2.05, 4.69) is 41.6 Å². The third-order valence-electron chi connectivity index (χ3n) is 6.25. The Kier molecular flexibility index (Phi) is 6.44. The van der Waals surface area contributed by atoms with Gasteiger partial charge in [-0.25, -0.2) is 14.8 Å². The van der Waals surface area contributed by atoms with Gasteiger partial charge in [-0.15, -0.1) is 11.3 Å². The Balaban J connectivity index is 1.21. The number of nitrogens with one attached hydrogen (secondary N) is 3. The maximum atomic E-state index is 12.4. The van der Waals surface area contributed by atoms with Crippen LogP contribution in [0.2, 0.25) is 0 Å². The maximum absolute atomic E-state index is 12.4. The standard InChI is InChI=1S/C27H25N7O2S/c1-16-3-2-4-22(33-16)25-24(31-15-32-25)17-5-6-21-18(9-17)10-19(11-30-21)26-34-23(14-37-26)27(35)36-8-7-29-20-12-28-13-20/h2-6,9-11,14-15,20,28-29H,7-8,12-13H2,1H3,(H,31,32). The Hall–Kier alpha value is -3.99. The third kappa shape index (κ3) is 4.99. The van der Waals surface area contributed by atoms with E-state index in [1.807, 2.05) is 43.3 Å². The van der Waals surface area contributed by atoms with Crippen LogP contribution in [0, 0.1) is 6.92 Å². The molecule has 0 amide bonds. The van der Waals surface area contributed by atoms with Gasteiger partial charge in [-0.1, -0.05) is 12.1 Å². The van der Waals surface area contributed by atoms with Gasteiger partial charge in [-0.05, 0) is 37.3 Å². The Bertz CT molecular complexity index is 1570. The van der Waals surface area contributed by atoms with Gasteiger partial charge in [0.05, 0.1) is 28.9 Å². The zero-order chi connectivity index (χ0) is 25.2. The summed E-state index contributed by atoms with van der Waals surface area (Å²) in [6.45, 7) is 4.83. The molecule has 1 aliphatic rings. The van der Waals surface area contributed by atoms with E-state index in [0.717, 1.165) is 62.9 Å². The molecule has 37 heavy (non-hydrogen) atoms. The van der Waals surface area contributed by atoms with Gasteiger partial charge in [0.2, 0.25) is 0 Å². The number of aromatic nitrogens is 5. The molecule has 1 fully saturated rings. The molecule has 5 heterocycles. The van der Waals surface area contributed by atoms with Crippen molar-refractivity contribution in [1.82, 2.24) is 35.6 Å². The number of carbonyl (C=O) groups excluding carboxylic acids is 1. The molecule has 0 spiro atoms. The Morgan fingerprint density at radius 3 is 2.86 bits per heavy atom. The molecule has 0 atom stereocenters. The molecule has 1 saturated heterocycles. The van der Waals surface area contributed by atoms with Crippen LogP contribution >= 0.6 is 11.3 Å². The number of imidazole rings is 1. The van der Waals surface area contributed by atoms with Crippen LogP contribution in [0.4, 0.5) is 0 Å². The van der Waals surface area contributed by atoms with E-state index in [1.54, 1.807) is 17.9 Å². The number of fused-ring (bicyclic) bond motifs is 1. The lowest BCUT2D eigenvalue weighted by Crippen LogP contribution is -2.55. The number of pyridine rings is 2. The molecule has 3 N–H and O–H groups in total. The second-order valence-corrected chi connectivity index (χ2v) is 9.76. The number of H-pyrrole nitrogens is 1. The largest absolute Gasteiger partial charge is 0.460 e. The first-order valence-corrected chi connectivity index (χ1v) is 13.0. The fourth-order valence-corrected chi connectivity index (χ4v) is 4.97. The topological polar surface area (TPSA) is 118 Å². The van der Waals surface area contributed by atoms with E-state index in [4.69, 9.17) is 4.74 Å². The minimum atomic E-state index is -0.414. The van der Waals surface area contributed by atoms with Crippen LogP contribution in [-0.4, -0.2) is 63.2 Å². The van der Waals surface area contributed by atoms with Crippen molar-refractivity contribution in [3.63, 3.8) is 0 Å². The summed E-state index contributed by atoms with van der Waals surface area (Å²) in [4.78, 5) is 34.0. The highest BCUT2D eigenvalue weighted by molar-refractivity contribution is 7.13. The molecule has 1 aromatic carbocycles. The fraction of sp³-hybridized carbons (Fsp3) is 0.222. The monoisotopic (exact) mass is 511 g/mol. The summed E-state index contributed by atoms with van der Waals surface area (Å²) in [5.41, 5.74) is 6.46. The summed E-state index contributed by atoms with van der Waals surface area (Å²) >= 11 is 1.40. The van der Waals surface area contributed by atoms with Crippen molar-refractivity contribution in [2.75, 3.05) is 26.2 Å². The molecule has 0 saturated carbocycles. The second-order valence-electron chi connectivity index (χ2n) is 8.90. The van der Waals surface area contributed by atoms with Crippen molar-refractivity contribution in [1.29, 1.82) is 0 Å². The van der Waals surface area contributed by atoms with E-state index < -0.39 is 5.97 Å². The van der Waals surface area contributed by atoms with Gasteiger partial charge in [0.15, 0.2) is 5.69 Å². The van der Waals surface area contributed by atoms with Crippen LogP contribution in [0.1, 0.15) is 16.2 Å². The molecule has 9 nitrogen and oxygen atoms in total. The maximum Gasteiger partial charge on any atom is 0.357 e. The quantitative estimate of drug-likeness (QED) is 0.213. The number of aromatic amines is 1. The summed E-state index contributed by atoms with van der Waals surface area (Å²) in [7, 11) is 0. The van der Waals surface area contributed by atoms with Gasteiger partial charge >= 0.3 is 5.97 Å². The van der Waals surface area contributed by atoms with Gasteiger partial charge in [0.25, 0.3) is 0 Å². The highest BCUT2D eigenvalue weighted by Crippen LogP contribution is 2.32. The van der Waals surface area contributed by atoms with Crippen LogP contribution < -0.4 is 10.6 Å². The number of hydrogen-bond acceptors (Lipinski definition) is 9. The molecular formula is C27H25N7O2S. The number of hydrogen-bond donors (Lipinski definition) is 3.